The maximum Gasteiger partial charge on any atom is 0.401 e. The summed E-state index contributed by atoms with van der Waals surface area (Å²) in [7, 11) is 0. The molecule has 0 aliphatic rings. The van der Waals surface area contributed by atoms with Gasteiger partial charge >= 0.3 is 6.18 Å². The van der Waals surface area contributed by atoms with Gasteiger partial charge in [-0.2, -0.15) is 13.2 Å². The van der Waals surface area contributed by atoms with Crippen LogP contribution in [-0.4, -0.2) is 36.5 Å². The van der Waals surface area contributed by atoms with Crippen molar-refractivity contribution in [3.8, 4) is 0 Å². The van der Waals surface area contributed by atoms with Crippen LogP contribution < -0.4 is 0 Å². The number of nitrogens with zero attached hydrogens (tertiary/aromatic N) is 1. The second kappa shape index (κ2) is 7.28. The highest BCUT2D eigenvalue weighted by Gasteiger charge is 2.29. The molecule has 0 radical (unpaired) electrons. The molecule has 0 aromatic heterocycles. The zero-order chi connectivity index (χ0) is 14.3. The van der Waals surface area contributed by atoms with E-state index in [9.17, 15) is 18.0 Å². The number of hydrogen-bond acceptors (Lipinski definition) is 2. The van der Waals surface area contributed by atoms with Crippen molar-refractivity contribution in [1.82, 2.24) is 4.90 Å². The molecule has 1 aromatic rings. The van der Waals surface area contributed by atoms with Crippen molar-refractivity contribution in [3.63, 3.8) is 0 Å². The molecule has 0 fully saturated rings. The zero-order valence-corrected chi connectivity index (χ0v) is 10.9. The number of carbonyl (C=O) groups is 1. The third-order valence-electron chi connectivity index (χ3n) is 2.82. The average molecular weight is 273 g/mol. The Balaban J connectivity index is 2.35. The Hall–Kier alpha value is -1.36. The minimum Gasteiger partial charge on any atom is -0.295 e. The number of hydrogen-bond donors (Lipinski definition) is 0. The smallest absolute Gasteiger partial charge is 0.295 e. The molecule has 0 atom stereocenters. The molecule has 0 heterocycles. The molecular weight excluding hydrogens is 255 g/mol. The van der Waals surface area contributed by atoms with E-state index in [4.69, 9.17) is 0 Å². The average Bonchev–Trinajstić information content (AvgIpc) is 2.37. The van der Waals surface area contributed by atoms with Gasteiger partial charge in [-0.3, -0.25) is 9.69 Å². The molecule has 0 aliphatic heterocycles. The van der Waals surface area contributed by atoms with Crippen LogP contribution in [0.3, 0.4) is 0 Å². The van der Waals surface area contributed by atoms with E-state index in [0.717, 1.165) is 0 Å². The van der Waals surface area contributed by atoms with Crippen LogP contribution >= 0.6 is 0 Å². The number of ketones is 1. The summed E-state index contributed by atoms with van der Waals surface area (Å²) in [5.41, 5.74) is 0.612. The first-order valence-electron chi connectivity index (χ1n) is 6.29. The van der Waals surface area contributed by atoms with Gasteiger partial charge in [0.25, 0.3) is 0 Å². The van der Waals surface area contributed by atoms with E-state index in [0.29, 0.717) is 18.5 Å². The van der Waals surface area contributed by atoms with Crippen molar-refractivity contribution >= 4 is 5.78 Å². The predicted molar refractivity (Wildman–Crippen MR) is 68.2 cm³/mol. The minimum atomic E-state index is -4.18. The minimum absolute atomic E-state index is 0.0244. The van der Waals surface area contributed by atoms with Crippen molar-refractivity contribution in [2.24, 2.45) is 0 Å². The van der Waals surface area contributed by atoms with Gasteiger partial charge in [0.2, 0.25) is 0 Å². The Morgan fingerprint density at radius 3 is 2.37 bits per heavy atom. The second-order valence-corrected chi connectivity index (χ2v) is 4.38. The predicted octanol–water partition coefficient (Wildman–Crippen LogP) is 3.53. The van der Waals surface area contributed by atoms with Crippen LogP contribution in [0.25, 0.3) is 0 Å². The summed E-state index contributed by atoms with van der Waals surface area (Å²) in [5, 5.41) is 0. The monoisotopic (exact) mass is 273 g/mol. The maximum atomic E-state index is 12.2. The first-order valence-corrected chi connectivity index (χ1v) is 6.29. The summed E-state index contributed by atoms with van der Waals surface area (Å²) in [5.74, 6) is -0.0244. The highest BCUT2D eigenvalue weighted by Crippen LogP contribution is 2.16. The molecule has 0 aliphatic carbocycles. The molecule has 0 saturated heterocycles. The topological polar surface area (TPSA) is 20.3 Å². The molecule has 0 N–H and O–H groups in total. The van der Waals surface area contributed by atoms with E-state index in [1.165, 1.54) is 4.90 Å². The Morgan fingerprint density at radius 2 is 1.84 bits per heavy atom. The number of benzene rings is 1. The van der Waals surface area contributed by atoms with Crippen LogP contribution in [0.2, 0.25) is 0 Å². The normalized spacial score (nSPS) is 11.8. The number of carbonyl (C=O) groups excluding carboxylic acids is 1. The lowest BCUT2D eigenvalue weighted by Crippen LogP contribution is -2.34. The van der Waals surface area contributed by atoms with E-state index in [1.54, 1.807) is 31.2 Å². The van der Waals surface area contributed by atoms with E-state index in [1.807, 2.05) is 6.07 Å². The summed E-state index contributed by atoms with van der Waals surface area (Å²) >= 11 is 0. The maximum absolute atomic E-state index is 12.2. The van der Waals surface area contributed by atoms with Crippen LogP contribution in [0.5, 0.6) is 0 Å². The van der Waals surface area contributed by atoms with Crippen molar-refractivity contribution in [2.45, 2.75) is 25.9 Å². The molecule has 1 rings (SSSR count). The molecule has 0 spiro atoms. The standard InChI is InChI=1S/C14H18F3NO/c1-2-18(11-14(15,16)17)10-6-9-13(19)12-7-4-3-5-8-12/h3-5,7-8H,2,6,9-11H2,1H3. The van der Waals surface area contributed by atoms with Crippen molar-refractivity contribution < 1.29 is 18.0 Å². The largest absolute Gasteiger partial charge is 0.401 e. The molecule has 1 aromatic carbocycles. The Morgan fingerprint density at radius 1 is 1.21 bits per heavy atom. The van der Waals surface area contributed by atoms with Gasteiger partial charge in [-0.05, 0) is 19.5 Å². The third-order valence-corrected chi connectivity index (χ3v) is 2.82. The van der Waals surface area contributed by atoms with Gasteiger partial charge in [0.1, 0.15) is 0 Å². The van der Waals surface area contributed by atoms with E-state index in [2.05, 4.69) is 0 Å². The van der Waals surface area contributed by atoms with E-state index in [-0.39, 0.29) is 18.7 Å². The van der Waals surface area contributed by atoms with Crippen molar-refractivity contribution in [2.75, 3.05) is 19.6 Å². The first-order chi connectivity index (χ1) is 8.92. The highest BCUT2D eigenvalue weighted by molar-refractivity contribution is 5.95. The lowest BCUT2D eigenvalue weighted by Gasteiger charge is -2.21. The van der Waals surface area contributed by atoms with Crippen LogP contribution in [0.1, 0.15) is 30.1 Å². The number of halogens is 3. The Bertz CT molecular complexity index is 389. The third kappa shape index (κ3) is 6.38. The van der Waals surface area contributed by atoms with Crippen LogP contribution in [0.15, 0.2) is 30.3 Å². The summed E-state index contributed by atoms with van der Waals surface area (Å²) < 4.78 is 36.7. The summed E-state index contributed by atoms with van der Waals surface area (Å²) in [6.07, 6.45) is -3.46. The fourth-order valence-electron chi connectivity index (χ4n) is 1.83. The van der Waals surface area contributed by atoms with Crippen LogP contribution in [-0.2, 0) is 0 Å². The molecule has 19 heavy (non-hydrogen) atoms. The molecule has 0 bridgehead atoms. The first kappa shape index (κ1) is 15.7. The molecule has 0 amide bonds. The summed E-state index contributed by atoms with van der Waals surface area (Å²) in [4.78, 5) is 13.1. The molecule has 2 nitrogen and oxygen atoms in total. The summed E-state index contributed by atoms with van der Waals surface area (Å²) in [6.45, 7) is 1.39. The molecular formula is C14H18F3NO. The quantitative estimate of drug-likeness (QED) is 0.708. The fourth-order valence-corrected chi connectivity index (χ4v) is 1.83. The van der Waals surface area contributed by atoms with E-state index >= 15 is 0 Å². The van der Waals surface area contributed by atoms with Gasteiger partial charge < -0.3 is 0 Å². The van der Waals surface area contributed by atoms with Gasteiger partial charge in [-0.1, -0.05) is 37.3 Å². The SMILES string of the molecule is CCN(CCCC(=O)c1ccccc1)CC(F)(F)F. The lowest BCUT2D eigenvalue weighted by molar-refractivity contribution is -0.145. The van der Waals surface area contributed by atoms with Gasteiger partial charge in [-0.25, -0.2) is 0 Å². The molecule has 5 heteroatoms. The molecule has 106 valence electrons. The Kier molecular flexibility index (Phi) is 6.02. The van der Waals surface area contributed by atoms with Gasteiger partial charge in [0.05, 0.1) is 6.54 Å². The van der Waals surface area contributed by atoms with Gasteiger partial charge in [0.15, 0.2) is 5.78 Å². The fraction of sp³-hybridized carbons (Fsp3) is 0.500. The van der Waals surface area contributed by atoms with Gasteiger partial charge in [-0.15, -0.1) is 0 Å². The van der Waals surface area contributed by atoms with Crippen molar-refractivity contribution in [1.29, 1.82) is 0 Å². The molecule has 0 saturated carbocycles. The number of rotatable bonds is 7. The second-order valence-electron chi connectivity index (χ2n) is 4.38. The number of Topliss-reactive ketones (excluding diaryl/α,β-unsaturated/α-hetero) is 1. The number of alkyl halides is 3. The van der Waals surface area contributed by atoms with Gasteiger partial charge in [0, 0.05) is 12.0 Å². The van der Waals surface area contributed by atoms with Crippen molar-refractivity contribution in [3.05, 3.63) is 35.9 Å². The lowest BCUT2D eigenvalue weighted by atomic mass is 10.1. The summed E-state index contributed by atoms with van der Waals surface area (Å²) in [6, 6.07) is 8.80. The van der Waals surface area contributed by atoms with Crippen LogP contribution in [0.4, 0.5) is 13.2 Å². The molecule has 0 unspecified atom stereocenters. The van der Waals surface area contributed by atoms with E-state index < -0.39 is 12.7 Å². The highest BCUT2D eigenvalue weighted by atomic mass is 19.4. The zero-order valence-electron chi connectivity index (χ0n) is 10.9. The Labute approximate surface area is 111 Å². The van der Waals surface area contributed by atoms with Crippen LogP contribution in [0, 0.1) is 0 Å².